The fourth-order valence-electron chi connectivity index (χ4n) is 4.18. The van der Waals surface area contributed by atoms with E-state index in [1.165, 1.54) is 5.56 Å². The van der Waals surface area contributed by atoms with Crippen molar-refractivity contribution in [3.8, 4) is 5.75 Å². The molecule has 1 heterocycles. The van der Waals surface area contributed by atoms with E-state index >= 15 is 0 Å². The summed E-state index contributed by atoms with van der Waals surface area (Å²) >= 11 is 0. The van der Waals surface area contributed by atoms with Gasteiger partial charge < -0.3 is 9.64 Å². The van der Waals surface area contributed by atoms with Gasteiger partial charge in [0, 0.05) is 11.3 Å². The van der Waals surface area contributed by atoms with Crippen LogP contribution < -0.4 is 9.64 Å². The van der Waals surface area contributed by atoms with Crippen molar-refractivity contribution in [2.45, 2.75) is 25.3 Å². The van der Waals surface area contributed by atoms with Crippen molar-refractivity contribution in [2.24, 2.45) is 5.92 Å². The second-order valence-electron chi connectivity index (χ2n) is 7.62. The highest BCUT2D eigenvalue weighted by atomic mass is 16.5. The molecule has 3 aromatic carbocycles. The smallest absolute Gasteiger partial charge is 0.233 e. The third-order valence-corrected chi connectivity index (χ3v) is 5.80. The van der Waals surface area contributed by atoms with Crippen molar-refractivity contribution in [2.75, 3.05) is 12.0 Å². The average Bonchev–Trinajstić information content (AvgIpc) is 2.81. The second-order valence-corrected chi connectivity index (χ2v) is 7.62. The zero-order valence-corrected chi connectivity index (χ0v) is 17.0. The van der Waals surface area contributed by atoms with E-state index < -0.39 is 0 Å². The maximum Gasteiger partial charge on any atom is 0.233 e. The van der Waals surface area contributed by atoms with E-state index in [-0.39, 0.29) is 17.9 Å². The van der Waals surface area contributed by atoms with Crippen LogP contribution in [0.25, 0.3) is 0 Å². The highest BCUT2D eigenvalue weighted by molar-refractivity contribution is 6.03. The van der Waals surface area contributed by atoms with Crippen LogP contribution in [0, 0.1) is 5.92 Å². The number of hydrogen-bond acceptors (Lipinski definition) is 3. The molecule has 0 saturated carbocycles. The Morgan fingerprint density at radius 3 is 2.27 bits per heavy atom. The summed E-state index contributed by atoms with van der Waals surface area (Å²) in [5.74, 6) is 0.891. The molecular formula is C26H25NO3. The molecule has 1 aliphatic heterocycles. The van der Waals surface area contributed by atoms with E-state index in [0.29, 0.717) is 5.56 Å². The molecule has 3 aromatic rings. The first-order valence-corrected chi connectivity index (χ1v) is 10.3. The molecule has 4 rings (SSSR count). The van der Waals surface area contributed by atoms with Crippen molar-refractivity contribution in [1.29, 1.82) is 0 Å². The van der Waals surface area contributed by atoms with Crippen LogP contribution in [0.1, 0.15) is 40.4 Å². The van der Waals surface area contributed by atoms with Crippen LogP contribution in [0.2, 0.25) is 0 Å². The highest BCUT2D eigenvalue weighted by Gasteiger charge is 2.48. The number of methoxy groups -OCH3 is 1. The Bertz CT molecular complexity index is 997. The maximum absolute atomic E-state index is 13.1. The lowest BCUT2D eigenvalue weighted by Crippen LogP contribution is -2.55. The lowest BCUT2D eigenvalue weighted by atomic mass is 9.78. The van der Waals surface area contributed by atoms with Crippen LogP contribution in [-0.2, 0) is 11.2 Å². The molecule has 4 heteroatoms. The van der Waals surface area contributed by atoms with Crippen molar-refractivity contribution < 1.29 is 14.3 Å². The van der Waals surface area contributed by atoms with Gasteiger partial charge in [-0.3, -0.25) is 9.59 Å². The van der Waals surface area contributed by atoms with Gasteiger partial charge in [0.15, 0.2) is 0 Å². The second kappa shape index (κ2) is 8.95. The summed E-state index contributed by atoms with van der Waals surface area (Å²) in [7, 11) is 1.65. The first-order chi connectivity index (χ1) is 14.7. The predicted molar refractivity (Wildman–Crippen MR) is 118 cm³/mol. The number of aldehydes is 1. The molecule has 1 fully saturated rings. The number of benzene rings is 3. The van der Waals surface area contributed by atoms with Crippen molar-refractivity contribution >= 4 is 17.9 Å². The first kappa shape index (κ1) is 19.9. The van der Waals surface area contributed by atoms with E-state index in [2.05, 4.69) is 24.3 Å². The molecule has 30 heavy (non-hydrogen) atoms. The van der Waals surface area contributed by atoms with Crippen LogP contribution in [-0.4, -0.2) is 19.3 Å². The third kappa shape index (κ3) is 3.99. The molecule has 0 unspecified atom stereocenters. The molecule has 0 N–H and O–H groups in total. The minimum absolute atomic E-state index is 0.0127. The number of anilines is 1. The quantitative estimate of drug-likeness (QED) is 0.385. The molecule has 4 nitrogen and oxygen atoms in total. The van der Waals surface area contributed by atoms with Crippen LogP contribution in [0.3, 0.4) is 0 Å². The number of β-lactam (4-membered cyclic amide) rings is 1. The summed E-state index contributed by atoms with van der Waals surface area (Å²) in [6.45, 7) is 0. The van der Waals surface area contributed by atoms with E-state index in [1.54, 1.807) is 19.2 Å². The molecule has 152 valence electrons. The van der Waals surface area contributed by atoms with Crippen LogP contribution in [0.4, 0.5) is 5.69 Å². The lowest BCUT2D eigenvalue weighted by Gasteiger charge is -2.47. The Kier molecular flexibility index (Phi) is 5.94. The number of carbonyl (C=O) groups excluding carboxylic acids is 2. The minimum Gasteiger partial charge on any atom is -0.497 e. The molecule has 1 saturated heterocycles. The number of amides is 1. The molecule has 2 atom stereocenters. The van der Waals surface area contributed by atoms with Gasteiger partial charge in [-0.2, -0.15) is 0 Å². The van der Waals surface area contributed by atoms with Gasteiger partial charge in [-0.15, -0.1) is 0 Å². The number of hydrogen-bond donors (Lipinski definition) is 0. The summed E-state index contributed by atoms with van der Waals surface area (Å²) in [6.07, 6.45) is 3.58. The predicted octanol–water partition coefficient (Wildman–Crippen LogP) is 5.23. The first-order valence-electron chi connectivity index (χ1n) is 10.3. The Labute approximate surface area is 177 Å². The fourth-order valence-corrected chi connectivity index (χ4v) is 4.18. The van der Waals surface area contributed by atoms with Crippen molar-refractivity contribution in [3.63, 3.8) is 0 Å². The van der Waals surface area contributed by atoms with E-state index in [9.17, 15) is 9.59 Å². The van der Waals surface area contributed by atoms with E-state index in [0.717, 1.165) is 42.5 Å². The summed E-state index contributed by atoms with van der Waals surface area (Å²) < 4.78 is 5.29. The molecule has 0 spiro atoms. The lowest BCUT2D eigenvalue weighted by molar-refractivity contribution is -0.130. The molecule has 1 amide bonds. The highest BCUT2D eigenvalue weighted by Crippen LogP contribution is 2.46. The van der Waals surface area contributed by atoms with Crippen LogP contribution in [0.5, 0.6) is 5.75 Å². The third-order valence-electron chi connectivity index (χ3n) is 5.80. The summed E-state index contributed by atoms with van der Waals surface area (Å²) in [4.78, 5) is 25.9. The maximum atomic E-state index is 13.1. The largest absolute Gasteiger partial charge is 0.497 e. The molecule has 0 radical (unpaired) electrons. The Morgan fingerprint density at radius 2 is 1.63 bits per heavy atom. The van der Waals surface area contributed by atoms with Gasteiger partial charge in [-0.05, 0) is 66.8 Å². The minimum atomic E-state index is -0.0483. The van der Waals surface area contributed by atoms with Crippen molar-refractivity contribution in [1.82, 2.24) is 0 Å². The van der Waals surface area contributed by atoms with E-state index in [1.807, 2.05) is 47.4 Å². The summed E-state index contributed by atoms with van der Waals surface area (Å²) in [5.41, 5.74) is 3.82. The zero-order valence-electron chi connectivity index (χ0n) is 17.0. The van der Waals surface area contributed by atoms with Gasteiger partial charge in [0.1, 0.15) is 12.0 Å². The summed E-state index contributed by atoms with van der Waals surface area (Å²) in [5, 5.41) is 0. The van der Waals surface area contributed by atoms with Crippen molar-refractivity contribution in [3.05, 3.63) is 95.6 Å². The summed E-state index contributed by atoms with van der Waals surface area (Å²) in [6, 6.07) is 25.5. The van der Waals surface area contributed by atoms with Gasteiger partial charge in [-0.1, -0.05) is 42.5 Å². The number of ether oxygens (including phenoxy) is 1. The molecule has 0 aromatic heterocycles. The fraction of sp³-hybridized carbons (Fsp3) is 0.231. The van der Waals surface area contributed by atoms with Gasteiger partial charge >= 0.3 is 0 Å². The number of aryl methyl sites for hydroxylation is 1. The Balaban J connectivity index is 1.54. The van der Waals surface area contributed by atoms with Gasteiger partial charge in [-0.25, -0.2) is 0 Å². The monoisotopic (exact) mass is 399 g/mol. The number of rotatable bonds is 8. The number of nitrogens with zero attached hydrogens (tertiary/aromatic N) is 1. The SMILES string of the molecule is COc1ccc([C@@H]2[C@@H](CCCc3ccccc3)C(=O)N2c2ccc(C=O)cc2)cc1. The number of carbonyl (C=O) groups is 2. The standard InChI is InChI=1S/C26H25NO3/c1-30-23-16-12-21(13-17-23)25-24(9-5-8-19-6-3-2-4-7-19)26(29)27(25)22-14-10-20(18-28)11-15-22/h2-4,6-7,10-18,24-25H,5,8-9H2,1H3/t24-,25-/m1/s1. The molecular weight excluding hydrogens is 374 g/mol. The Morgan fingerprint density at radius 1 is 0.933 bits per heavy atom. The van der Waals surface area contributed by atoms with Gasteiger partial charge in [0.2, 0.25) is 5.91 Å². The van der Waals surface area contributed by atoms with Crippen LogP contribution in [0.15, 0.2) is 78.9 Å². The average molecular weight is 399 g/mol. The van der Waals surface area contributed by atoms with Gasteiger partial charge in [0.25, 0.3) is 0 Å². The molecule has 0 bridgehead atoms. The van der Waals surface area contributed by atoms with E-state index in [4.69, 9.17) is 4.74 Å². The topological polar surface area (TPSA) is 46.6 Å². The molecule has 0 aliphatic carbocycles. The van der Waals surface area contributed by atoms with Gasteiger partial charge in [0.05, 0.1) is 19.1 Å². The Hall–Kier alpha value is -3.40. The normalized spacial score (nSPS) is 18.0. The molecule has 1 aliphatic rings. The zero-order chi connectivity index (χ0) is 20.9. The van der Waals surface area contributed by atoms with Crippen LogP contribution >= 0.6 is 0 Å².